The van der Waals surface area contributed by atoms with E-state index in [1.54, 1.807) is 6.07 Å². The van der Waals surface area contributed by atoms with Crippen molar-refractivity contribution < 1.29 is 8.83 Å². The van der Waals surface area contributed by atoms with Crippen molar-refractivity contribution in [2.45, 2.75) is 39.3 Å². The predicted molar refractivity (Wildman–Crippen MR) is 340 cm³/mol. The maximum Gasteiger partial charge on any atom is 0.227 e. The molecular formula is C70H54N6O2Si3. The second-order valence-electron chi connectivity index (χ2n) is 23.2. The van der Waals surface area contributed by atoms with Gasteiger partial charge in [0, 0.05) is 45.0 Å². The number of benzene rings is 10. The molecule has 0 N–H and O–H groups in total. The molecule has 0 aliphatic carbocycles. The molecule has 0 unspecified atom stereocenters. The van der Waals surface area contributed by atoms with E-state index in [-0.39, 0.29) is 0 Å². The summed E-state index contributed by atoms with van der Waals surface area (Å²) in [7, 11) is -6.84. The Morgan fingerprint density at radius 1 is 0.457 bits per heavy atom. The van der Waals surface area contributed by atoms with Crippen LogP contribution in [0.15, 0.2) is 227 Å². The van der Waals surface area contributed by atoms with E-state index in [4.69, 9.17) is 25.4 Å². The van der Waals surface area contributed by atoms with Gasteiger partial charge in [-0.1, -0.05) is 183 Å². The first-order valence-corrected chi connectivity index (χ1v) is 36.4. The SMILES string of the molecule is [C-]#[N+]c1cccc(-c2nc3c(N(c4ccccc4)c4ccc([Si](C)(C)C)cc4)cc4c(c3o2)-c2c(cc(N(c3ccccc3)c3ccc([Si](C)(C)C)cc3)c3nc(-c5cccc(C#N)c5)oc23)[Si]42c3ccccc3-c3ccccc32)c1. The molecule has 81 heavy (non-hydrogen) atoms. The van der Waals surface area contributed by atoms with E-state index in [0.717, 1.165) is 55.6 Å². The van der Waals surface area contributed by atoms with Crippen LogP contribution in [0.5, 0.6) is 0 Å². The molecule has 0 bridgehead atoms. The highest BCUT2D eigenvalue weighted by atomic mass is 28.3. The zero-order valence-electron chi connectivity index (χ0n) is 45.8. The van der Waals surface area contributed by atoms with Gasteiger partial charge >= 0.3 is 0 Å². The summed E-state index contributed by atoms with van der Waals surface area (Å²) in [5, 5.41) is 17.8. The highest BCUT2D eigenvalue weighted by molar-refractivity contribution is 7.24. The van der Waals surface area contributed by atoms with Gasteiger partial charge in [0.05, 0.1) is 45.7 Å². The molecule has 0 radical (unpaired) electrons. The number of aromatic nitrogens is 2. The summed E-state index contributed by atoms with van der Waals surface area (Å²) < 4.78 is 14.9. The summed E-state index contributed by atoms with van der Waals surface area (Å²) in [4.78, 5) is 19.7. The van der Waals surface area contributed by atoms with E-state index in [9.17, 15) is 5.26 Å². The molecule has 2 aliphatic rings. The van der Waals surface area contributed by atoms with E-state index < -0.39 is 24.2 Å². The van der Waals surface area contributed by atoms with Crippen LogP contribution in [0.4, 0.5) is 39.8 Å². The monoisotopic (exact) mass is 1090 g/mol. The number of hydrogen-bond acceptors (Lipinski definition) is 7. The Balaban J connectivity index is 1.17. The molecule has 0 atom stereocenters. The molecule has 10 aromatic carbocycles. The highest BCUT2D eigenvalue weighted by Crippen LogP contribution is 2.51. The lowest BCUT2D eigenvalue weighted by atomic mass is 10.0. The van der Waals surface area contributed by atoms with E-state index >= 15 is 0 Å². The molecule has 0 saturated carbocycles. The fraction of sp³-hybridized carbons (Fsp3) is 0.0857. The van der Waals surface area contributed by atoms with Gasteiger partial charge in [-0.2, -0.15) is 5.26 Å². The van der Waals surface area contributed by atoms with Crippen LogP contribution in [0.3, 0.4) is 0 Å². The number of rotatable bonds is 10. The van der Waals surface area contributed by atoms with Crippen molar-refractivity contribution in [3.8, 4) is 51.2 Å². The number of oxazole rings is 2. The van der Waals surface area contributed by atoms with Gasteiger partial charge in [-0.3, -0.25) is 0 Å². The molecule has 0 saturated heterocycles. The van der Waals surface area contributed by atoms with Crippen LogP contribution in [0, 0.1) is 17.9 Å². The molecule has 8 nitrogen and oxygen atoms in total. The van der Waals surface area contributed by atoms with Gasteiger partial charge in [0.15, 0.2) is 24.9 Å². The Morgan fingerprint density at radius 2 is 0.877 bits per heavy atom. The zero-order chi connectivity index (χ0) is 55.4. The molecule has 1 spiro atoms. The Kier molecular flexibility index (Phi) is 11.5. The summed E-state index contributed by atoms with van der Waals surface area (Å²) in [6.07, 6.45) is 0. The number of para-hydroxylation sites is 2. The standard InChI is InChI=1S/C70H54N6O2Si3/c1-72-48-23-19-22-47(41-48)70-74-66-58(76(50-26-12-9-13-27-50)52-34-38-54(39-35-52)80(5,6)7)43-62-64(68(66)78-70)63-61(81(62)59-30-16-14-28-55(59)56-29-15-17-31-60(56)81)42-57(65-67(63)77-69(73-65)46-21-18-20-45(40-46)44-71)75(49-24-10-8-11-25-49)51-32-36-53(37-33-51)79(2,3)4/h8-43H,2-7H3. The van der Waals surface area contributed by atoms with Crippen molar-refractivity contribution in [2.75, 3.05) is 9.80 Å². The topological polar surface area (TPSA) is 86.7 Å². The third-order valence-corrected chi connectivity index (χ3v) is 25.3. The van der Waals surface area contributed by atoms with Crippen LogP contribution in [0.2, 0.25) is 39.3 Å². The summed E-state index contributed by atoms with van der Waals surface area (Å²) in [5.74, 6) is 0.800. The van der Waals surface area contributed by atoms with Crippen molar-refractivity contribution in [2.24, 2.45) is 0 Å². The fourth-order valence-corrected chi connectivity index (χ4v) is 20.4. The lowest BCUT2D eigenvalue weighted by molar-refractivity contribution is 0.617. The van der Waals surface area contributed by atoms with Gasteiger partial charge in [-0.05, 0) is 117 Å². The maximum absolute atomic E-state index is 10.2. The van der Waals surface area contributed by atoms with Gasteiger partial charge in [-0.25, -0.2) is 14.8 Å². The van der Waals surface area contributed by atoms with Gasteiger partial charge in [-0.15, -0.1) is 0 Å². The van der Waals surface area contributed by atoms with E-state index in [1.165, 1.54) is 31.9 Å². The minimum absolute atomic E-state index is 0.398. The second-order valence-corrected chi connectivity index (χ2v) is 37.0. The van der Waals surface area contributed by atoms with Crippen molar-refractivity contribution in [3.63, 3.8) is 0 Å². The molecule has 2 aromatic heterocycles. The summed E-state index contributed by atoms with van der Waals surface area (Å²) in [6.45, 7) is 22.3. The highest BCUT2D eigenvalue weighted by Gasteiger charge is 2.57. The first kappa shape index (κ1) is 49.7. The van der Waals surface area contributed by atoms with Crippen LogP contribution < -0.4 is 40.9 Å². The largest absolute Gasteiger partial charge is 0.435 e. The minimum Gasteiger partial charge on any atom is -0.435 e. The molecule has 0 amide bonds. The maximum atomic E-state index is 10.2. The fourth-order valence-electron chi connectivity index (χ4n) is 12.4. The van der Waals surface area contributed by atoms with Crippen molar-refractivity contribution in [1.82, 2.24) is 9.97 Å². The second kappa shape index (κ2) is 18.8. The normalized spacial score (nSPS) is 12.9. The number of fused-ring (bicyclic) bond motifs is 14. The van der Waals surface area contributed by atoms with Gasteiger partial charge in [0.2, 0.25) is 11.8 Å². The zero-order valence-corrected chi connectivity index (χ0v) is 48.8. The van der Waals surface area contributed by atoms with Crippen LogP contribution in [0.25, 0.3) is 72.2 Å². The van der Waals surface area contributed by atoms with Gasteiger partial charge in [0.25, 0.3) is 0 Å². The van der Waals surface area contributed by atoms with Crippen molar-refractivity contribution in [3.05, 3.63) is 235 Å². The number of hydrogen-bond donors (Lipinski definition) is 0. The average Bonchev–Trinajstić information content (AvgIpc) is 1.86. The lowest BCUT2D eigenvalue weighted by Gasteiger charge is -2.31. The molecule has 4 heterocycles. The minimum atomic E-state index is -3.48. The average molecular weight is 1100 g/mol. The molecule has 2 aliphatic heterocycles. The summed E-state index contributed by atoms with van der Waals surface area (Å²) in [6, 6.07) is 79.5. The van der Waals surface area contributed by atoms with Crippen LogP contribution in [-0.2, 0) is 0 Å². The summed E-state index contributed by atoms with van der Waals surface area (Å²) >= 11 is 0. The number of nitrogens with zero attached hydrogens (tertiary/aromatic N) is 6. The smallest absolute Gasteiger partial charge is 0.227 e. The third kappa shape index (κ3) is 7.88. The number of nitriles is 1. The van der Waals surface area contributed by atoms with Gasteiger partial charge in [0.1, 0.15) is 11.0 Å². The van der Waals surface area contributed by atoms with E-state index in [0.29, 0.717) is 56.4 Å². The molecule has 11 heteroatoms. The molecule has 0 fully saturated rings. The quantitative estimate of drug-likeness (QED) is 0.0996. The first-order chi connectivity index (χ1) is 39.3. The molecular weight excluding hydrogens is 1040 g/mol. The van der Waals surface area contributed by atoms with Crippen LogP contribution in [0.1, 0.15) is 5.56 Å². The Hall–Kier alpha value is -9.63. The molecule has 388 valence electrons. The lowest BCUT2D eigenvalue weighted by Crippen LogP contribution is -2.70. The van der Waals surface area contributed by atoms with E-state index in [1.807, 2.05) is 42.5 Å². The molecule has 12 aromatic rings. The third-order valence-electron chi connectivity index (χ3n) is 16.3. The van der Waals surface area contributed by atoms with Crippen LogP contribution in [-0.4, -0.2) is 34.2 Å². The van der Waals surface area contributed by atoms with Gasteiger partial charge < -0.3 is 18.6 Å². The van der Waals surface area contributed by atoms with E-state index in [2.05, 4.69) is 230 Å². The first-order valence-electron chi connectivity index (χ1n) is 27.4. The molecule has 14 rings (SSSR count). The predicted octanol–water partition coefficient (Wildman–Crippen LogP) is 15.1. The van der Waals surface area contributed by atoms with Crippen molar-refractivity contribution in [1.29, 1.82) is 5.26 Å². The Morgan fingerprint density at radius 3 is 1.32 bits per heavy atom. The number of anilines is 6. The Labute approximate surface area is 474 Å². The van der Waals surface area contributed by atoms with Crippen molar-refractivity contribution >= 4 is 117 Å². The summed E-state index contributed by atoms with van der Waals surface area (Å²) in [5.41, 5.74) is 14.8. The van der Waals surface area contributed by atoms with Crippen LogP contribution >= 0.6 is 0 Å². The Bertz CT molecular complexity index is 4290.